The average molecular weight is 287 g/mol. The second-order valence-electron chi connectivity index (χ2n) is 4.75. The molecule has 1 amide bonds. The lowest BCUT2D eigenvalue weighted by Crippen LogP contribution is -2.51. The normalized spacial score (nSPS) is 19.8. The van der Waals surface area contributed by atoms with Gasteiger partial charge in [0.25, 0.3) is 5.91 Å². The van der Waals surface area contributed by atoms with E-state index in [0.29, 0.717) is 18.6 Å². The molecule has 1 saturated heterocycles. The smallest absolute Gasteiger partial charge is 0.408 e. The van der Waals surface area contributed by atoms with Gasteiger partial charge in [0.05, 0.1) is 12.7 Å². The van der Waals surface area contributed by atoms with Crippen molar-refractivity contribution in [1.29, 1.82) is 0 Å². The molecule has 0 N–H and O–H groups in total. The van der Waals surface area contributed by atoms with Crippen LogP contribution in [0.25, 0.3) is 0 Å². The molecule has 110 valence electrons. The van der Waals surface area contributed by atoms with E-state index in [0.717, 1.165) is 4.90 Å². The van der Waals surface area contributed by atoms with Gasteiger partial charge in [-0.05, 0) is 31.4 Å². The first-order valence-corrected chi connectivity index (χ1v) is 6.46. The molecule has 1 aliphatic heterocycles. The lowest BCUT2D eigenvalue weighted by atomic mass is 10.00. The Morgan fingerprint density at radius 3 is 2.65 bits per heavy atom. The maximum Gasteiger partial charge on any atom is 0.408 e. The fourth-order valence-electron chi connectivity index (χ4n) is 2.49. The van der Waals surface area contributed by atoms with Crippen molar-refractivity contribution in [3.8, 4) is 5.75 Å². The van der Waals surface area contributed by atoms with Gasteiger partial charge in [0.1, 0.15) is 11.8 Å². The number of benzene rings is 1. The largest absolute Gasteiger partial charge is 0.496 e. The number of ether oxygens (including phenoxy) is 1. The number of methoxy groups -OCH3 is 1. The van der Waals surface area contributed by atoms with Gasteiger partial charge in [-0.2, -0.15) is 13.2 Å². The highest BCUT2D eigenvalue weighted by atomic mass is 19.4. The summed E-state index contributed by atoms with van der Waals surface area (Å²) in [7, 11) is 1.39. The van der Waals surface area contributed by atoms with Gasteiger partial charge < -0.3 is 9.64 Å². The minimum Gasteiger partial charge on any atom is -0.496 e. The highest BCUT2D eigenvalue weighted by Gasteiger charge is 2.46. The lowest BCUT2D eigenvalue weighted by Gasteiger charge is -2.37. The van der Waals surface area contributed by atoms with Gasteiger partial charge >= 0.3 is 6.18 Å². The van der Waals surface area contributed by atoms with Crippen molar-refractivity contribution in [1.82, 2.24) is 4.90 Å². The number of para-hydroxylation sites is 1. The van der Waals surface area contributed by atoms with Crippen LogP contribution >= 0.6 is 0 Å². The lowest BCUT2D eigenvalue weighted by molar-refractivity contribution is -0.183. The number of rotatable bonds is 2. The Balaban J connectivity index is 2.30. The maximum atomic E-state index is 13.0. The number of piperidine rings is 1. The quantitative estimate of drug-likeness (QED) is 0.835. The monoisotopic (exact) mass is 287 g/mol. The molecule has 0 radical (unpaired) electrons. The molecule has 1 unspecified atom stereocenters. The van der Waals surface area contributed by atoms with Gasteiger partial charge in [-0.15, -0.1) is 0 Å². The van der Waals surface area contributed by atoms with Gasteiger partial charge in [0.15, 0.2) is 0 Å². The highest BCUT2D eigenvalue weighted by molar-refractivity contribution is 5.97. The van der Waals surface area contributed by atoms with E-state index in [1.807, 2.05) is 0 Å². The van der Waals surface area contributed by atoms with Gasteiger partial charge in [0.2, 0.25) is 0 Å². The summed E-state index contributed by atoms with van der Waals surface area (Å²) in [5.74, 6) is -0.325. The summed E-state index contributed by atoms with van der Waals surface area (Å²) in [5, 5.41) is 0. The predicted octanol–water partition coefficient (Wildman–Crippen LogP) is 3.25. The van der Waals surface area contributed by atoms with Crippen LogP contribution in [0.3, 0.4) is 0 Å². The van der Waals surface area contributed by atoms with Crippen molar-refractivity contribution in [2.75, 3.05) is 13.7 Å². The van der Waals surface area contributed by atoms with Crippen molar-refractivity contribution < 1.29 is 22.7 Å². The Hall–Kier alpha value is -1.72. The Labute approximate surface area is 115 Å². The molecular weight excluding hydrogens is 271 g/mol. The van der Waals surface area contributed by atoms with Crippen molar-refractivity contribution in [2.24, 2.45) is 0 Å². The van der Waals surface area contributed by atoms with Gasteiger partial charge in [-0.1, -0.05) is 12.1 Å². The molecule has 0 spiro atoms. The molecule has 1 heterocycles. The molecular formula is C14H16F3NO2. The highest BCUT2D eigenvalue weighted by Crippen LogP contribution is 2.33. The molecule has 0 saturated carbocycles. The number of likely N-dealkylation sites (tertiary alicyclic amines) is 1. The Bertz CT molecular complexity index is 488. The van der Waals surface area contributed by atoms with E-state index in [1.165, 1.54) is 13.2 Å². The van der Waals surface area contributed by atoms with Gasteiger partial charge in [0, 0.05) is 6.54 Å². The zero-order valence-corrected chi connectivity index (χ0v) is 11.1. The second kappa shape index (κ2) is 5.73. The molecule has 2 rings (SSSR count). The molecule has 3 nitrogen and oxygen atoms in total. The molecule has 1 aromatic carbocycles. The number of alkyl halides is 3. The zero-order chi connectivity index (χ0) is 14.8. The molecule has 6 heteroatoms. The Morgan fingerprint density at radius 2 is 2.00 bits per heavy atom. The number of amides is 1. The van der Waals surface area contributed by atoms with Gasteiger partial charge in [-0.25, -0.2) is 0 Å². The first kappa shape index (κ1) is 14.7. The van der Waals surface area contributed by atoms with Crippen LogP contribution in [0.15, 0.2) is 24.3 Å². The van der Waals surface area contributed by atoms with E-state index in [4.69, 9.17) is 4.74 Å². The van der Waals surface area contributed by atoms with Crippen LogP contribution in [-0.2, 0) is 0 Å². The van der Waals surface area contributed by atoms with Crippen LogP contribution in [-0.4, -0.2) is 36.7 Å². The van der Waals surface area contributed by atoms with Crippen LogP contribution in [0.2, 0.25) is 0 Å². The number of carbonyl (C=O) groups excluding carboxylic acids is 1. The van der Waals surface area contributed by atoms with Crippen molar-refractivity contribution in [2.45, 2.75) is 31.5 Å². The summed E-state index contributed by atoms with van der Waals surface area (Å²) in [5.41, 5.74) is 0.172. The van der Waals surface area contributed by atoms with Crippen molar-refractivity contribution >= 4 is 5.91 Å². The average Bonchev–Trinajstić information content (AvgIpc) is 2.45. The molecule has 0 bridgehead atoms. The Kier molecular flexibility index (Phi) is 4.20. The third-order valence-corrected chi connectivity index (χ3v) is 3.48. The number of carbonyl (C=O) groups is 1. The molecule has 20 heavy (non-hydrogen) atoms. The fraction of sp³-hybridized carbons (Fsp3) is 0.500. The molecule has 1 aliphatic rings. The van der Waals surface area contributed by atoms with E-state index >= 15 is 0 Å². The number of halogens is 3. The third-order valence-electron chi connectivity index (χ3n) is 3.48. The minimum absolute atomic E-state index is 0.0373. The van der Waals surface area contributed by atoms with Crippen LogP contribution in [0.4, 0.5) is 13.2 Å². The third kappa shape index (κ3) is 2.89. The molecule has 0 aliphatic carbocycles. The number of hydrogen-bond acceptors (Lipinski definition) is 2. The van der Waals surface area contributed by atoms with E-state index in [9.17, 15) is 18.0 Å². The van der Waals surface area contributed by atoms with Crippen molar-refractivity contribution in [3.05, 3.63) is 29.8 Å². The fourth-order valence-corrected chi connectivity index (χ4v) is 2.49. The van der Waals surface area contributed by atoms with Crippen molar-refractivity contribution in [3.63, 3.8) is 0 Å². The van der Waals surface area contributed by atoms with Crippen LogP contribution in [0, 0.1) is 0 Å². The zero-order valence-electron chi connectivity index (χ0n) is 11.1. The van der Waals surface area contributed by atoms with E-state index < -0.39 is 18.1 Å². The standard InChI is InChI=1S/C14H16F3NO2/c1-20-11-7-3-2-6-10(11)13(19)18-9-5-4-8-12(18)14(15,16)17/h2-3,6-7,12H,4-5,8-9H2,1H3. The first-order valence-electron chi connectivity index (χ1n) is 6.46. The molecule has 1 fully saturated rings. The minimum atomic E-state index is -4.39. The summed E-state index contributed by atoms with van der Waals surface area (Å²) in [6.45, 7) is 0.126. The van der Waals surface area contributed by atoms with Crippen LogP contribution in [0.1, 0.15) is 29.6 Å². The number of hydrogen-bond donors (Lipinski definition) is 0. The summed E-state index contributed by atoms with van der Waals surface area (Å²) in [6, 6.07) is 4.65. The maximum absolute atomic E-state index is 13.0. The Morgan fingerprint density at radius 1 is 1.30 bits per heavy atom. The van der Waals surface area contributed by atoms with Crippen LogP contribution in [0.5, 0.6) is 5.75 Å². The SMILES string of the molecule is COc1ccccc1C(=O)N1CCCCC1C(F)(F)F. The van der Waals surface area contributed by atoms with E-state index in [2.05, 4.69) is 0 Å². The van der Waals surface area contributed by atoms with E-state index in [1.54, 1.807) is 18.2 Å². The summed E-state index contributed by atoms with van der Waals surface area (Å²) in [6.07, 6.45) is -3.35. The second-order valence-corrected chi connectivity index (χ2v) is 4.75. The van der Waals surface area contributed by atoms with Crippen LogP contribution < -0.4 is 4.74 Å². The number of nitrogens with zero attached hydrogens (tertiary/aromatic N) is 1. The van der Waals surface area contributed by atoms with Gasteiger partial charge in [-0.3, -0.25) is 4.79 Å². The first-order chi connectivity index (χ1) is 9.45. The predicted molar refractivity (Wildman–Crippen MR) is 67.7 cm³/mol. The molecule has 0 aromatic heterocycles. The summed E-state index contributed by atoms with van der Waals surface area (Å²) >= 11 is 0. The summed E-state index contributed by atoms with van der Waals surface area (Å²) < 4.78 is 44.1. The summed E-state index contributed by atoms with van der Waals surface area (Å²) in [4.78, 5) is 13.3. The molecule has 1 aromatic rings. The molecule has 1 atom stereocenters. The van der Waals surface area contributed by atoms with E-state index in [-0.39, 0.29) is 18.5 Å². The topological polar surface area (TPSA) is 29.5 Å².